The van der Waals surface area contributed by atoms with Crippen molar-refractivity contribution < 1.29 is 22.8 Å². The molecular formula is C27H22F3N5O2. The zero-order valence-corrected chi connectivity index (χ0v) is 19.6. The number of alkyl halides is 3. The number of halogens is 3. The first-order valence-electron chi connectivity index (χ1n) is 11.2. The number of anilines is 3. The number of rotatable bonds is 7. The van der Waals surface area contributed by atoms with Crippen molar-refractivity contribution in [1.82, 2.24) is 9.97 Å². The highest BCUT2D eigenvalue weighted by molar-refractivity contribution is 6.08. The van der Waals surface area contributed by atoms with Crippen LogP contribution in [0.15, 0.2) is 85.2 Å². The molecule has 4 rings (SSSR count). The molecule has 0 spiro atoms. The number of nitrogens with one attached hydrogen (secondary N) is 3. The molecule has 37 heavy (non-hydrogen) atoms. The maximum absolute atomic E-state index is 13.0. The van der Waals surface area contributed by atoms with Crippen LogP contribution in [0.2, 0.25) is 0 Å². The van der Waals surface area contributed by atoms with Crippen molar-refractivity contribution >= 4 is 29.1 Å². The topological polar surface area (TPSA) is 96.0 Å². The summed E-state index contributed by atoms with van der Waals surface area (Å²) in [5.41, 5.74) is 1.53. The molecular weight excluding hydrogens is 483 g/mol. The molecule has 0 aliphatic rings. The SMILES string of the molecule is Cc1ccc(NC(=O)c2cccc(C(F)(F)F)c2)cc1C(=O)Nc1cnc(NCc2ccccc2)nc1. The number of hydrogen-bond acceptors (Lipinski definition) is 5. The fraction of sp³-hybridized carbons (Fsp3) is 0.111. The number of hydrogen-bond donors (Lipinski definition) is 3. The molecule has 2 amide bonds. The van der Waals surface area contributed by atoms with Crippen molar-refractivity contribution in [1.29, 1.82) is 0 Å². The molecule has 0 aliphatic carbocycles. The van der Waals surface area contributed by atoms with Gasteiger partial charge in [-0.1, -0.05) is 42.5 Å². The average molecular weight is 506 g/mol. The molecule has 0 aliphatic heterocycles. The number of aryl methyl sites for hydroxylation is 1. The van der Waals surface area contributed by atoms with E-state index < -0.39 is 23.6 Å². The third kappa shape index (κ3) is 6.69. The maximum Gasteiger partial charge on any atom is 0.416 e. The minimum Gasteiger partial charge on any atom is -0.350 e. The van der Waals surface area contributed by atoms with Gasteiger partial charge in [0.1, 0.15) is 0 Å². The van der Waals surface area contributed by atoms with Crippen LogP contribution in [0.3, 0.4) is 0 Å². The molecule has 0 atom stereocenters. The Balaban J connectivity index is 1.41. The molecule has 188 valence electrons. The lowest BCUT2D eigenvalue weighted by Gasteiger charge is -2.12. The molecule has 1 aromatic heterocycles. The Labute approximate surface area is 210 Å². The van der Waals surface area contributed by atoms with E-state index in [2.05, 4.69) is 25.9 Å². The average Bonchev–Trinajstić information content (AvgIpc) is 2.89. The number of carbonyl (C=O) groups is 2. The lowest BCUT2D eigenvalue weighted by molar-refractivity contribution is -0.137. The summed E-state index contributed by atoms with van der Waals surface area (Å²) >= 11 is 0. The normalized spacial score (nSPS) is 11.0. The molecule has 10 heteroatoms. The highest BCUT2D eigenvalue weighted by Crippen LogP contribution is 2.29. The monoisotopic (exact) mass is 505 g/mol. The summed E-state index contributed by atoms with van der Waals surface area (Å²) in [7, 11) is 0. The van der Waals surface area contributed by atoms with E-state index in [1.807, 2.05) is 30.3 Å². The first-order chi connectivity index (χ1) is 17.7. The second-order valence-corrected chi connectivity index (χ2v) is 8.15. The lowest BCUT2D eigenvalue weighted by atomic mass is 10.1. The molecule has 0 bridgehead atoms. The second kappa shape index (κ2) is 10.9. The molecule has 1 heterocycles. The fourth-order valence-electron chi connectivity index (χ4n) is 3.44. The van der Waals surface area contributed by atoms with Crippen LogP contribution in [0.5, 0.6) is 0 Å². The fourth-order valence-corrected chi connectivity index (χ4v) is 3.44. The molecule has 0 saturated heterocycles. The number of carbonyl (C=O) groups excluding carboxylic acids is 2. The standard InChI is InChI=1S/C27H22F3N5O2/c1-17-10-11-21(34-24(36)19-8-5-9-20(12-19)27(28,29)30)13-23(17)25(37)35-22-15-32-26(33-16-22)31-14-18-6-3-2-4-7-18/h2-13,15-16H,14H2,1H3,(H,34,36)(H,35,37)(H,31,32,33). The minimum absolute atomic E-state index is 0.153. The molecule has 7 nitrogen and oxygen atoms in total. The summed E-state index contributed by atoms with van der Waals surface area (Å²) in [6, 6.07) is 18.5. The first kappa shape index (κ1) is 25.4. The van der Waals surface area contributed by atoms with Gasteiger partial charge >= 0.3 is 6.18 Å². The molecule has 0 radical (unpaired) electrons. The third-order valence-corrected chi connectivity index (χ3v) is 5.40. The Hall–Kier alpha value is -4.73. The van der Waals surface area contributed by atoms with Crippen LogP contribution in [0, 0.1) is 6.92 Å². The smallest absolute Gasteiger partial charge is 0.350 e. The summed E-state index contributed by atoms with van der Waals surface area (Å²) in [5.74, 6) is -0.785. The van der Waals surface area contributed by atoms with E-state index >= 15 is 0 Å². The summed E-state index contributed by atoms with van der Waals surface area (Å²) in [6.45, 7) is 2.27. The number of amides is 2. The maximum atomic E-state index is 13.0. The Morgan fingerprint density at radius 2 is 1.51 bits per heavy atom. The lowest BCUT2D eigenvalue weighted by Crippen LogP contribution is -2.17. The Bertz CT molecular complexity index is 1410. The van der Waals surface area contributed by atoms with E-state index in [0.29, 0.717) is 23.7 Å². The second-order valence-electron chi connectivity index (χ2n) is 8.15. The van der Waals surface area contributed by atoms with Gasteiger partial charge in [-0.3, -0.25) is 9.59 Å². The van der Waals surface area contributed by atoms with Gasteiger partial charge < -0.3 is 16.0 Å². The highest BCUT2D eigenvalue weighted by atomic mass is 19.4. The predicted octanol–water partition coefficient (Wildman–Crippen LogP) is 5.92. The Morgan fingerprint density at radius 1 is 0.811 bits per heavy atom. The van der Waals surface area contributed by atoms with Crippen molar-refractivity contribution in [3.63, 3.8) is 0 Å². The van der Waals surface area contributed by atoms with Crippen LogP contribution in [-0.2, 0) is 12.7 Å². The van der Waals surface area contributed by atoms with Crippen molar-refractivity contribution in [3.05, 3.63) is 113 Å². The Morgan fingerprint density at radius 3 is 2.22 bits per heavy atom. The zero-order valence-electron chi connectivity index (χ0n) is 19.6. The number of nitrogens with zero attached hydrogens (tertiary/aromatic N) is 2. The predicted molar refractivity (Wildman–Crippen MR) is 134 cm³/mol. The van der Waals surface area contributed by atoms with Gasteiger partial charge in [0.25, 0.3) is 11.8 Å². The van der Waals surface area contributed by atoms with E-state index in [1.54, 1.807) is 19.1 Å². The zero-order chi connectivity index (χ0) is 26.4. The van der Waals surface area contributed by atoms with Gasteiger partial charge in [0.05, 0.1) is 23.6 Å². The molecule has 4 aromatic rings. The minimum atomic E-state index is -4.56. The summed E-state index contributed by atoms with van der Waals surface area (Å²) < 4.78 is 38.9. The third-order valence-electron chi connectivity index (χ3n) is 5.40. The summed E-state index contributed by atoms with van der Waals surface area (Å²) in [4.78, 5) is 33.8. The van der Waals surface area contributed by atoms with Crippen molar-refractivity contribution in [2.45, 2.75) is 19.6 Å². The van der Waals surface area contributed by atoms with Gasteiger partial charge in [0.15, 0.2) is 0 Å². The van der Waals surface area contributed by atoms with Gasteiger partial charge in [-0.05, 0) is 48.4 Å². The quantitative estimate of drug-likeness (QED) is 0.290. The molecule has 0 fully saturated rings. The molecule has 3 N–H and O–H groups in total. The van der Waals surface area contributed by atoms with Crippen molar-refractivity contribution in [2.24, 2.45) is 0 Å². The van der Waals surface area contributed by atoms with Crippen LogP contribution in [0.4, 0.5) is 30.5 Å². The van der Waals surface area contributed by atoms with Crippen molar-refractivity contribution in [3.8, 4) is 0 Å². The van der Waals surface area contributed by atoms with Crippen LogP contribution in [-0.4, -0.2) is 21.8 Å². The van der Waals surface area contributed by atoms with Gasteiger partial charge in [-0.15, -0.1) is 0 Å². The first-order valence-corrected chi connectivity index (χ1v) is 11.2. The summed E-state index contributed by atoms with van der Waals surface area (Å²) in [6.07, 6.45) is -1.63. The van der Waals surface area contributed by atoms with E-state index in [9.17, 15) is 22.8 Å². The highest BCUT2D eigenvalue weighted by Gasteiger charge is 2.30. The Kier molecular flexibility index (Phi) is 7.47. The molecule has 0 saturated carbocycles. The van der Waals surface area contributed by atoms with Crippen molar-refractivity contribution in [2.75, 3.05) is 16.0 Å². The summed E-state index contributed by atoms with van der Waals surface area (Å²) in [5, 5.41) is 8.34. The van der Waals surface area contributed by atoms with Gasteiger partial charge in [-0.25, -0.2) is 9.97 Å². The van der Waals surface area contributed by atoms with Crippen LogP contribution >= 0.6 is 0 Å². The van der Waals surface area contributed by atoms with E-state index in [-0.39, 0.29) is 16.8 Å². The number of aromatic nitrogens is 2. The van der Waals surface area contributed by atoms with Gasteiger partial charge in [0.2, 0.25) is 5.95 Å². The van der Waals surface area contributed by atoms with Gasteiger partial charge in [-0.2, -0.15) is 13.2 Å². The van der Waals surface area contributed by atoms with E-state index in [0.717, 1.165) is 23.8 Å². The molecule has 0 unspecified atom stereocenters. The van der Waals surface area contributed by atoms with Gasteiger partial charge in [0, 0.05) is 23.4 Å². The number of benzene rings is 3. The van der Waals surface area contributed by atoms with E-state index in [1.165, 1.54) is 24.5 Å². The van der Waals surface area contributed by atoms with Crippen LogP contribution in [0.25, 0.3) is 0 Å². The van der Waals surface area contributed by atoms with Crippen LogP contribution < -0.4 is 16.0 Å². The van der Waals surface area contributed by atoms with E-state index in [4.69, 9.17) is 0 Å². The largest absolute Gasteiger partial charge is 0.416 e. The van der Waals surface area contributed by atoms with Crippen LogP contribution in [0.1, 0.15) is 37.4 Å². The molecule has 3 aromatic carbocycles.